The molecule has 2 heteroatoms. The van der Waals surface area contributed by atoms with Crippen LogP contribution in [0, 0.1) is 10.8 Å². The predicted octanol–water partition coefficient (Wildman–Crippen LogP) is 4.58. The van der Waals surface area contributed by atoms with Gasteiger partial charge in [-0.25, -0.2) is 0 Å². The van der Waals surface area contributed by atoms with Gasteiger partial charge in [-0.1, -0.05) is 26.2 Å². The van der Waals surface area contributed by atoms with E-state index in [0.29, 0.717) is 10.8 Å². The largest absolute Gasteiger partial charge is 0.484 e. The first kappa shape index (κ1) is 13.9. The van der Waals surface area contributed by atoms with Crippen molar-refractivity contribution in [2.45, 2.75) is 71.1 Å². The van der Waals surface area contributed by atoms with Gasteiger partial charge >= 0.3 is 0 Å². The summed E-state index contributed by atoms with van der Waals surface area (Å²) in [6.07, 6.45) is 13.8. The lowest BCUT2D eigenvalue weighted by Crippen LogP contribution is -2.46. The lowest BCUT2D eigenvalue weighted by molar-refractivity contribution is 0.0131. The van der Waals surface area contributed by atoms with E-state index in [2.05, 4.69) is 11.9 Å². The van der Waals surface area contributed by atoms with Crippen LogP contribution in [-0.2, 0) is 4.74 Å². The third-order valence-electron chi connectivity index (χ3n) is 5.56. The van der Waals surface area contributed by atoms with Gasteiger partial charge in [-0.15, -0.1) is 0 Å². The molecule has 0 aromatic rings. The molecular formula is C16H29NO. The Morgan fingerprint density at radius 3 is 2.11 bits per heavy atom. The average molecular weight is 251 g/mol. The van der Waals surface area contributed by atoms with E-state index in [1.165, 1.54) is 64.2 Å². The van der Waals surface area contributed by atoms with Crippen molar-refractivity contribution in [1.82, 2.24) is 0 Å². The number of hydrogen-bond donors (Lipinski definition) is 0. The van der Waals surface area contributed by atoms with E-state index in [1.54, 1.807) is 7.11 Å². The van der Waals surface area contributed by atoms with Crippen LogP contribution in [0.2, 0.25) is 0 Å². The van der Waals surface area contributed by atoms with Gasteiger partial charge in [-0.3, -0.25) is 4.99 Å². The molecule has 0 aromatic heterocycles. The second kappa shape index (κ2) is 5.63. The van der Waals surface area contributed by atoms with Crippen LogP contribution < -0.4 is 0 Å². The molecule has 18 heavy (non-hydrogen) atoms. The van der Waals surface area contributed by atoms with Crippen molar-refractivity contribution in [3.8, 4) is 0 Å². The molecule has 0 aromatic carbocycles. The topological polar surface area (TPSA) is 21.6 Å². The molecule has 0 N–H and O–H groups in total. The molecule has 3 aliphatic rings. The van der Waals surface area contributed by atoms with Gasteiger partial charge in [0.15, 0.2) is 5.90 Å². The van der Waals surface area contributed by atoms with E-state index >= 15 is 0 Å². The first-order valence-corrected chi connectivity index (χ1v) is 7.72. The summed E-state index contributed by atoms with van der Waals surface area (Å²) in [6.45, 7) is 2.30. The second-order valence-corrected chi connectivity index (χ2v) is 6.47. The standard InChI is InChI=1S/C16H29NO/c1-4-5-6-7-15-8-11-16(12-9-15,13-10-15)14(17-2)18-3/h4-13H2,1-3H3. The number of hydrogen-bond acceptors (Lipinski definition) is 2. The summed E-state index contributed by atoms with van der Waals surface area (Å²) in [5.74, 6) is 1.02. The molecule has 0 spiro atoms. The normalized spacial score (nSPS) is 35.8. The predicted molar refractivity (Wildman–Crippen MR) is 77.1 cm³/mol. The summed E-state index contributed by atoms with van der Waals surface area (Å²) in [7, 11) is 3.67. The molecule has 0 heterocycles. The van der Waals surface area contributed by atoms with Crippen molar-refractivity contribution >= 4 is 5.90 Å². The van der Waals surface area contributed by atoms with Crippen molar-refractivity contribution in [1.29, 1.82) is 0 Å². The third kappa shape index (κ3) is 2.44. The van der Waals surface area contributed by atoms with Crippen molar-refractivity contribution in [2.24, 2.45) is 15.8 Å². The number of aliphatic imine (C=N–C) groups is 1. The molecule has 0 aliphatic heterocycles. The van der Waals surface area contributed by atoms with Gasteiger partial charge < -0.3 is 4.74 Å². The molecule has 0 saturated heterocycles. The minimum atomic E-state index is 0.302. The highest BCUT2D eigenvalue weighted by Gasteiger charge is 2.51. The third-order valence-corrected chi connectivity index (χ3v) is 5.56. The molecule has 3 rings (SSSR count). The fourth-order valence-electron chi connectivity index (χ4n) is 4.25. The van der Waals surface area contributed by atoms with Gasteiger partial charge in [0, 0.05) is 12.5 Å². The first-order chi connectivity index (χ1) is 8.70. The summed E-state index contributed by atoms with van der Waals surface area (Å²) < 4.78 is 5.54. The maximum absolute atomic E-state index is 5.54. The maximum atomic E-state index is 5.54. The molecule has 0 amide bonds. The Labute approximate surface area is 112 Å². The minimum Gasteiger partial charge on any atom is -0.484 e. The quantitative estimate of drug-likeness (QED) is 0.398. The molecule has 3 saturated carbocycles. The summed E-state index contributed by atoms with van der Waals surface area (Å²) in [4.78, 5) is 4.39. The van der Waals surface area contributed by atoms with E-state index in [1.807, 2.05) is 7.05 Å². The number of nitrogens with zero attached hydrogens (tertiary/aromatic N) is 1. The molecule has 0 radical (unpaired) electrons. The Bertz CT molecular complexity index is 284. The Kier molecular flexibility index (Phi) is 4.34. The summed E-state index contributed by atoms with van der Waals surface area (Å²) >= 11 is 0. The van der Waals surface area contributed by atoms with Gasteiger partial charge in [-0.05, 0) is 50.4 Å². The van der Waals surface area contributed by atoms with Crippen LogP contribution >= 0.6 is 0 Å². The Morgan fingerprint density at radius 2 is 1.67 bits per heavy atom. The molecular weight excluding hydrogens is 222 g/mol. The second-order valence-electron chi connectivity index (χ2n) is 6.47. The van der Waals surface area contributed by atoms with Crippen molar-refractivity contribution in [2.75, 3.05) is 14.2 Å². The number of ether oxygens (including phenoxy) is 1. The van der Waals surface area contributed by atoms with Crippen LogP contribution in [0.15, 0.2) is 4.99 Å². The Morgan fingerprint density at radius 1 is 1.06 bits per heavy atom. The van der Waals surface area contributed by atoms with Gasteiger partial charge in [0.1, 0.15) is 0 Å². The zero-order valence-corrected chi connectivity index (χ0v) is 12.4. The molecule has 2 nitrogen and oxygen atoms in total. The lowest BCUT2D eigenvalue weighted by Gasteiger charge is -2.53. The van der Waals surface area contributed by atoms with Crippen molar-refractivity contribution in [3.05, 3.63) is 0 Å². The fourth-order valence-corrected chi connectivity index (χ4v) is 4.25. The van der Waals surface area contributed by atoms with Gasteiger partial charge in [0.2, 0.25) is 0 Å². The fraction of sp³-hybridized carbons (Fsp3) is 0.938. The van der Waals surface area contributed by atoms with Crippen LogP contribution in [0.5, 0.6) is 0 Å². The lowest BCUT2D eigenvalue weighted by atomic mass is 9.52. The highest BCUT2D eigenvalue weighted by molar-refractivity contribution is 5.82. The average Bonchev–Trinajstić information content (AvgIpc) is 2.42. The zero-order valence-electron chi connectivity index (χ0n) is 12.4. The monoisotopic (exact) mass is 251 g/mol. The molecule has 3 fully saturated rings. The minimum absolute atomic E-state index is 0.302. The van der Waals surface area contributed by atoms with Crippen LogP contribution in [0.1, 0.15) is 71.1 Å². The Balaban J connectivity index is 1.97. The summed E-state index contributed by atoms with van der Waals surface area (Å²) in [5, 5.41) is 0. The van der Waals surface area contributed by atoms with E-state index in [9.17, 15) is 0 Å². The van der Waals surface area contributed by atoms with E-state index in [0.717, 1.165) is 5.90 Å². The number of methoxy groups -OCH3 is 1. The molecule has 0 unspecified atom stereocenters. The van der Waals surface area contributed by atoms with E-state index < -0.39 is 0 Å². The highest BCUT2D eigenvalue weighted by Crippen LogP contribution is 2.59. The van der Waals surface area contributed by atoms with Gasteiger partial charge in [-0.2, -0.15) is 0 Å². The van der Waals surface area contributed by atoms with Crippen molar-refractivity contribution in [3.63, 3.8) is 0 Å². The molecule has 0 atom stereocenters. The number of rotatable bonds is 5. The number of unbranched alkanes of at least 4 members (excludes halogenated alkanes) is 2. The van der Waals surface area contributed by atoms with Gasteiger partial charge in [0.05, 0.1) is 7.11 Å². The van der Waals surface area contributed by atoms with Crippen molar-refractivity contribution < 1.29 is 4.74 Å². The summed E-state index contributed by atoms with van der Waals surface area (Å²) in [6, 6.07) is 0. The van der Waals surface area contributed by atoms with Crippen LogP contribution in [0.4, 0.5) is 0 Å². The first-order valence-electron chi connectivity index (χ1n) is 7.72. The van der Waals surface area contributed by atoms with E-state index in [4.69, 9.17) is 4.74 Å². The molecule has 2 bridgehead atoms. The molecule has 3 aliphatic carbocycles. The van der Waals surface area contributed by atoms with Gasteiger partial charge in [0.25, 0.3) is 0 Å². The SMILES string of the molecule is CCCCCC12CCC(C(=NC)OC)(CC1)CC2. The summed E-state index contributed by atoms with van der Waals surface area (Å²) in [5.41, 5.74) is 0.986. The maximum Gasteiger partial charge on any atom is 0.189 e. The molecule has 104 valence electrons. The number of fused-ring (bicyclic) bond motifs is 3. The van der Waals surface area contributed by atoms with Crippen LogP contribution in [0.3, 0.4) is 0 Å². The zero-order chi connectivity index (χ0) is 13.1. The van der Waals surface area contributed by atoms with E-state index in [-0.39, 0.29) is 0 Å². The van der Waals surface area contributed by atoms with Crippen LogP contribution in [-0.4, -0.2) is 20.1 Å². The Hall–Kier alpha value is -0.530. The van der Waals surface area contributed by atoms with Crippen LogP contribution in [0.25, 0.3) is 0 Å². The smallest absolute Gasteiger partial charge is 0.189 e. The highest BCUT2D eigenvalue weighted by atomic mass is 16.5.